The van der Waals surface area contributed by atoms with Crippen molar-refractivity contribution in [3.63, 3.8) is 0 Å². The van der Waals surface area contributed by atoms with Crippen molar-refractivity contribution in [3.05, 3.63) is 92.7 Å². The molecule has 1 saturated heterocycles. The van der Waals surface area contributed by atoms with Gasteiger partial charge in [-0.15, -0.1) is 0 Å². The van der Waals surface area contributed by atoms with E-state index in [0.29, 0.717) is 36.3 Å². The normalized spacial score (nSPS) is 15.0. The molecular formula is C32H29B2ClF2N6O2. The standard InChI is InChI=1S/C32H29B2ClF2N6O2/c1-5-25(44)41-11-12-42(18(4)16-41)30-21-14-22(35)28(26-19(13-24(33)34)7-6-8-23(26)37)39-31(21)43(32(45)40-30)29-20(15-36)9-10-38-27(29)17(2)3/h5-10,13-14,17-18H,1,11-12,15-16H2,2-4H3/t18-/m0/s1. The molecule has 1 fully saturated rings. The number of carbonyl (C=O) groups is 1. The Morgan fingerprint density at radius 3 is 2.62 bits per heavy atom. The van der Waals surface area contributed by atoms with Gasteiger partial charge in [-0.2, -0.15) is 10.4 Å². The Morgan fingerprint density at radius 2 is 1.98 bits per heavy atom. The number of hydrogen-bond donors (Lipinski definition) is 0. The molecule has 0 saturated carbocycles. The number of nitrogens with zero attached hydrogens (tertiary/aromatic N) is 6. The third-order valence-corrected chi connectivity index (χ3v) is 8.03. The van der Waals surface area contributed by atoms with Crippen molar-refractivity contribution in [2.24, 2.45) is 0 Å². The van der Waals surface area contributed by atoms with Crippen LogP contribution >= 0.6 is 11.6 Å². The summed E-state index contributed by atoms with van der Waals surface area (Å²) < 4.78 is 31.2. The zero-order valence-corrected chi connectivity index (χ0v) is 25.9. The highest BCUT2D eigenvalue weighted by atomic mass is 35.5. The quantitative estimate of drug-likeness (QED) is 0.211. The number of anilines is 1. The summed E-state index contributed by atoms with van der Waals surface area (Å²) in [5.41, 5.74) is 0.560. The number of rotatable bonds is 7. The molecule has 3 aromatic heterocycles. The molecule has 226 valence electrons. The van der Waals surface area contributed by atoms with Crippen molar-refractivity contribution in [2.45, 2.75) is 39.4 Å². The highest BCUT2D eigenvalue weighted by Crippen LogP contribution is 2.38. The number of amides is 1. The van der Waals surface area contributed by atoms with Crippen LogP contribution < -0.4 is 10.6 Å². The Balaban J connectivity index is 1.87. The lowest BCUT2D eigenvalue weighted by atomic mass is 9.77. The van der Waals surface area contributed by atoms with Gasteiger partial charge in [0.15, 0.2) is 5.65 Å². The number of pyridine rings is 2. The van der Waals surface area contributed by atoms with E-state index in [-0.39, 0.29) is 62.2 Å². The number of alkyl halides is 1. The van der Waals surface area contributed by atoms with E-state index in [1.165, 1.54) is 41.1 Å². The van der Waals surface area contributed by atoms with Gasteiger partial charge in [0.25, 0.3) is 0 Å². The van der Waals surface area contributed by atoms with Gasteiger partial charge in [-0.3, -0.25) is 9.78 Å². The molecule has 4 heterocycles. The van der Waals surface area contributed by atoms with Crippen molar-refractivity contribution in [3.8, 4) is 16.9 Å². The van der Waals surface area contributed by atoms with Gasteiger partial charge in [0.05, 0.1) is 43.2 Å². The van der Waals surface area contributed by atoms with E-state index >= 15 is 4.39 Å². The van der Waals surface area contributed by atoms with Crippen LogP contribution in [0.2, 0.25) is 5.02 Å². The monoisotopic (exact) mass is 624 g/mol. The van der Waals surface area contributed by atoms with Gasteiger partial charge in [-0.1, -0.05) is 50.2 Å². The molecule has 1 aliphatic rings. The Labute approximate surface area is 267 Å². The molecule has 13 heteroatoms. The number of fused-ring (bicyclic) bond motifs is 1. The fourth-order valence-electron chi connectivity index (χ4n) is 5.69. The minimum absolute atomic E-state index is 0.0149. The number of aromatic nitrogens is 4. The molecule has 4 aromatic rings. The highest BCUT2D eigenvalue weighted by Gasteiger charge is 2.31. The summed E-state index contributed by atoms with van der Waals surface area (Å²) in [5, 5.41) is 0.379. The molecule has 0 spiro atoms. The fraction of sp³-hybridized carbons (Fsp3) is 0.281. The number of carbonyl (C=O) groups excluding carboxylic acids is 1. The molecule has 45 heavy (non-hydrogen) atoms. The van der Waals surface area contributed by atoms with Crippen LogP contribution in [0.1, 0.15) is 43.5 Å². The zero-order chi connectivity index (χ0) is 32.6. The second kappa shape index (κ2) is 13.0. The van der Waals surface area contributed by atoms with Crippen LogP contribution in [-0.2, 0) is 11.5 Å². The molecule has 5 rings (SSSR count). The zero-order valence-electron chi connectivity index (χ0n) is 25.1. The van der Waals surface area contributed by atoms with Gasteiger partial charge in [-0.25, -0.2) is 23.1 Å². The molecule has 1 atom stereocenters. The Kier molecular flexibility index (Phi) is 9.25. The SMILES string of the molecule is [B]C([B])=Cc1cccc(F)c1-c1nc2c(cc1Cl)c(N1CCN(C(=O)C=C)C[C@@H]1C)nc(=O)n2-c1c(CF)ccnc1C(C)C. The maximum atomic E-state index is 15.5. The third kappa shape index (κ3) is 6.03. The largest absolute Gasteiger partial charge is 0.355 e. The second-order valence-corrected chi connectivity index (χ2v) is 11.5. The first-order valence-electron chi connectivity index (χ1n) is 14.3. The number of piperazine rings is 1. The maximum absolute atomic E-state index is 15.5. The van der Waals surface area contributed by atoms with Crippen LogP contribution in [0.15, 0.2) is 59.3 Å². The van der Waals surface area contributed by atoms with Crippen molar-refractivity contribution in [1.29, 1.82) is 0 Å². The predicted octanol–water partition coefficient (Wildman–Crippen LogP) is 5.09. The molecule has 0 aliphatic carbocycles. The Morgan fingerprint density at radius 1 is 1.22 bits per heavy atom. The van der Waals surface area contributed by atoms with E-state index in [1.54, 1.807) is 17.0 Å². The first-order valence-corrected chi connectivity index (χ1v) is 14.7. The molecule has 8 nitrogen and oxygen atoms in total. The maximum Gasteiger partial charge on any atom is 0.355 e. The molecule has 0 N–H and O–H groups in total. The van der Waals surface area contributed by atoms with Crippen molar-refractivity contribution in [2.75, 3.05) is 24.5 Å². The van der Waals surface area contributed by atoms with Gasteiger partial charge in [0, 0.05) is 43.0 Å². The van der Waals surface area contributed by atoms with Gasteiger partial charge < -0.3 is 9.80 Å². The fourth-order valence-corrected chi connectivity index (χ4v) is 5.94. The Hall–Kier alpha value is -4.31. The highest BCUT2D eigenvalue weighted by molar-refractivity contribution is 6.50. The smallest absolute Gasteiger partial charge is 0.350 e. The van der Waals surface area contributed by atoms with E-state index in [4.69, 9.17) is 32.3 Å². The average molecular weight is 625 g/mol. The molecule has 4 radical (unpaired) electrons. The van der Waals surface area contributed by atoms with Crippen LogP contribution in [0.3, 0.4) is 0 Å². The summed E-state index contributed by atoms with van der Waals surface area (Å²) in [6.45, 7) is 9.40. The Bertz CT molecular complexity index is 1910. The number of hydrogen-bond acceptors (Lipinski definition) is 6. The summed E-state index contributed by atoms with van der Waals surface area (Å²) in [6.07, 6.45) is 4.13. The summed E-state index contributed by atoms with van der Waals surface area (Å²) in [7, 11) is 11.5. The topological polar surface area (TPSA) is 84.2 Å². The van der Waals surface area contributed by atoms with Gasteiger partial charge in [0.2, 0.25) is 5.91 Å². The van der Waals surface area contributed by atoms with E-state index in [1.807, 2.05) is 25.7 Å². The molecule has 1 aromatic carbocycles. The van der Waals surface area contributed by atoms with Crippen molar-refractivity contribution in [1.82, 2.24) is 24.4 Å². The summed E-state index contributed by atoms with van der Waals surface area (Å²) >= 11 is 6.85. The molecule has 0 bridgehead atoms. The van der Waals surface area contributed by atoms with E-state index in [0.717, 1.165) is 0 Å². The third-order valence-electron chi connectivity index (χ3n) is 7.74. The average Bonchev–Trinajstić information content (AvgIpc) is 3.00. The first kappa shape index (κ1) is 32.1. The van der Waals surface area contributed by atoms with Gasteiger partial charge >= 0.3 is 5.69 Å². The summed E-state index contributed by atoms with van der Waals surface area (Å²) in [6, 6.07) is 7.16. The molecule has 1 aliphatic heterocycles. The van der Waals surface area contributed by atoms with Crippen molar-refractivity contribution < 1.29 is 13.6 Å². The van der Waals surface area contributed by atoms with Gasteiger partial charge in [-0.05, 0) is 42.7 Å². The summed E-state index contributed by atoms with van der Waals surface area (Å²) in [5.74, 6) is -0.769. The molecule has 0 unspecified atom stereocenters. The van der Waals surface area contributed by atoms with Crippen LogP contribution in [0.5, 0.6) is 0 Å². The minimum atomic E-state index is -0.887. The van der Waals surface area contributed by atoms with Crippen LogP contribution in [0, 0.1) is 5.82 Å². The van der Waals surface area contributed by atoms with E-state index < -0.39 is 18.2 Å². The lowest BCUT2D eigenvalue weighted by Crippen LogP contribution is -2.54. The number of halogens is 3. The van der Waals surface area contributed by atoms with Crippen molar-refractivity contribution >= 4 is 56.1 Å². The van der Waals surface area contributed by atoms with E-state index in [9.17, 15) is 14.0 Å². The minimum Gasteiger partial charge on any atom is -0.350 e. The van der Waals surface area contributed by atoms with Crippen LogP contribution in [-0.4, -0.2) is 71.7 Å². The van der Waals surface area contributed by atoms with Gasteiger partial charge in [0.1, 0.15) is 18.3 Å². The van der Waals surface area contributed by atoms with Crippen LogP contribution in [0.25, 0.3) is 34.1 Å². The van der Waals surface area contributed by atoms with E-state index in [2.05, 4.69) is 16.5 Å². The summed E-state index contributed by atoms with van der Waals surface area (Å²) in [4.78, 5) is 43.7. The lowest BCUT2D eigenvalue weighted by molar-refractivity contribution is -0.126. The molecular weight excluding hydrogens is 595 g/mol. The lowest BCUT2D eigenvalue weighted by Gasteiger charge is -2.40. The number of benzene rings is 1. The second-order valence-electron chi connectivity index (χ2n) is 11.1. The predicted molar refractivity (Wildman–Crippen MR) is 175 cm³/mol. The molecule has 1 amide bonds. The van der Waals surface area contributed by atoms with Crippen LogP contribution in [0.4, 0.5) is 14.6 Å². The first-order chi connectivity index (χ1) is 21.5.